The van der Waals surface area contributed by atoms with Gasteiger partial charge in [0.25, 0.3) is 0 Å². The van der Waals surface area contributed by atoms with Crippen LogP contribution in [0.25, 0.3) is 0 Å². The van der Waals surface area contributed by atoms with Crippen molar-refractivity contribution in [3.05, 3.63) is 63.0 Å². The first-order valence-electron chi connectivity index (χ1n) is 13.7. The number of hydrogen-bond acceptors (Lipinski definition) is 10. The second kappa shape index (κ2) is 11.4. The average molecular weight is 598 g/mol. The largest absolute Gasteiger partial charge is 0.481 e. The Bertz CT molecular complexity index is 1500. The molecule has 3 atom stereocenters. The minimum Gasteiger partial charge on any atom is -0.481 e. The molecular formula is C29H32FN5O6S. The van der Waals surface area contributed by atoms with Crippen LogP contribution in [0.1, 0.15) is 49.4 Å². The molecule has 1 aromatic carbocycles. The van der Waals surface area contributed by atoms with Crippen molar-refractivity contribution in [2.45, 2.75) is 46.2 Å². The molecule has 2 N–H and O–H groups in total. The number of carbonyl (C=O) groups is 4. The average Bonchev–Trinajstić information content (AvgIpc) is 3.67. The van der Waals surface area contributed by atoms with E-state index in [-0.39, 0.29) is 25.3 Å². The lowest BCUT2D eigenvalue weighted by atomic mass is 9.92. The number of aromatic nitrogens is 1. The Morgan fingerprint density at radius 1 is 1.26 bits per heavy atom. The summed E-state index contributed by atoms with van der Waals surface area (Å²) in [6.45, 7) is 6.57. The molecule has 13 heteroatoms. The van der Waals surface area contributed by atoms with E-state index in [0.717, 1.165) is 4.90 Å². The molecule has 2 amide bonds. The predicted molar refractivity (Wildman–Crippen MR) is 151 cm³/mol. The fourth-order valence-electron chi connectivity index (χ4n) is 5.67. The van der Waals surface area contributed by atoms with Gasteiger partial charge in [0.1, 0.15) is 17.9 Å². The van der Waals surface area contributed by atoms with Gasteiger partial charge in [-0.3, -0.25) is 29.2 Å². The van der Waals surface area contributed by atoms with E-state index in [1.165, 1.54) is 31.3 Å². The first-order valence-corrected chi connectivity index (χ1v) is 14.5. The molecule has 42 heavy (non-hydrogen) atoms. The lowest BCUT2D eigenvalue weighted by Gasteiger charge is -2.31. The summed E-state index contributed by atoms with van der Waals surface area (Å²) >= 11 is 1.34. The van der Waals surface area contributed by atoms with Crippen molar-refractivity contribution in [1.82, 2.24) is 20.1 Å². The maximum Gasteiger partial charge on any atom is 0.338 e. The third kappa shape index (κ3) is 5.22. The number of carboxylic acid groups (broad SMARTS) is 1. The molecular weight excluding hydrogens is 565 g/mol. The molecule has 2 fully saturated rings. The van der Waals surface area contributed by atoms with Crippen LogP contribution in [0.2, 0.25) is 0 Å². The van der Waals surface area contributed by atoms with Gasteiger partial charge >= 0.3 is 11.9 Å². The zero-order chi connectivity index (χ0) is 30.3. The van der Waals surface area contributed by atoms with Crippen molar-refractivity contribution in [2.75, 3.05) is 26.2 Å². The van der Waals surface area contributed by atoms with Crippen molar-refractivity contribution in [1.29, 1.82) is 0 Å². The maximum absolute atomic E-state index is 14.7. The number of fused-ring (bicyclic) bond motifs is 1. The van der Waals surface area contributed by atoms with Gasteiger partial charge in [-0.15, -0.1) is 11.3 Å². The monoisotopic (exact) mass is 597 g/mol. The molecule has 3 aliphatic rings. The Kier molecular flexibility index (Phi) is 7.99. The number of amides is 2. The second-order valence-electron chi connectivity index (χ2n) is 11.2. The minimum absolute atomic E-state index is 0.0692. The third-order valence-electron chi connectivity index (χ3n) is 7.96. The van der Waals surface area contributed by atoms with Gasteiger partial charge in [-0.05, 0) is 51.3 Å². The summed E-state index contributed by atoms with van der Waals surface area (Å²) in [6.07, 6.45) is 2.03. The Labute approximate surface area is 246 Å². The van der Waals surface area contributed by atoms with Crippen molar-refractivity contribution in [3.63, 3.8) is 0 Å². The molecule has 11 nitrogen and oxygen atoms in total. The van der Waals surface area contributed by atoms with E-state index in [4.69, 9.17) is 9.73 Å². The molecule has 0 spiro atoms. The summed E-state index contributed by atoms with van der Waals surface area (Å²) in [5.41, 5.74) is 0.0957. The number of aliphatic carboxylic acids is 1. The molecule has 0 radical (unpaired) electrons. The number of esters is 1. The Hall–Kier alpha value is -3.97. The van der Waals surface area contributed by atoms with Crippen LogP contribution in [0.5, 0.6) is 0 Å². The molecule has 0 aliphatic carbocycles. The van der Waals surface area contributed by atoms with Crippen LogP contribution in [0.15, 0.2) is 46.0 Å². The Balaban J connectivity index is 1.55. The predicted octanol–water partition coefficient (Wildman–Crippen LogP) is 2.67. The van der Waals surface area contributed by atoms with Crippen LogP contribution in [-0.4, -0.2) is 81.8 Å². The number of imide groups is 1. The van der Waals surface area contributed by atoms with Gasteiger partial charge < -0.3 is 15.2 Å². The second-order valence-corrected chi connectivity index (χ2v) is 12.1. The van der Waals surface area contributed by atoms with E-state index in [2.05, 4.69) is 10.3 Å². The Morgan fingerprint density at radius 3 is 2.69 bits per heavy atom. The molecule has 2 saturated heterocycles. The molecule has 2 aromatic rings. The number of benzene rings is 1. The number of aliphatic imine (C=N–C) groups is 1. The summed E-state index contributed by atoms with van der Waals surface area (Å²) in [5.74, 6) is -3.27. The van der Waals surface area contributed by atoms with E-state index in [1.54, 1.807) is 37.6 Å². The van der Waals surface area contributed by atoms with Crippen LogP contribution in [-0.2, 0) is 23.9 Å². The van der Waals surface area contributed by atoms with Crippen molar-refractivity contribution in [3.8, 4) is 0 Å². The number of nitrogens with zero attached hydrogens (tertiary/aromatic N) is 4. The van der Waals surface area contributed by atoms with E-state index >= 15 is 0 Å². The lowest BCUT2D eigenvalue weighted by Crippen LogP contribution is -2.47. The number of rotatable bonds is 9. The highest BCUT2D eigenvalue weighted by Crippen LogP contribution is 2.39. The van der Waals surface area contributed by atoms with Crippen LogP contribution in [0.3, 0.4) is 0 Å². The van der Waals surface area contributed by atoms with Gasteiger partial charge in [0, 0.05) is 36.9 Å². The molecule has 3 aliphatic heterocycles. The highest BCUT2D eigenvalue weighted by atomic mass is 32.1. The van der Waals surface area contributed by atoms with Gasteiger partial charge in [-0.1, -0.05) is 12.1 Å². The Morgan fingerprint density at radius 2 is 2.02 bits per heavy atom. The highest BCUT2D eigenvalue weighted by molar-refractivity contribution is 7.11. The number of halogens is 1. The summed E-state index contributed by atoms with van der Waals surface area (Å²) in [7, 11) is 0. The molecule has 0 saturated carbocycles. The lowest BCUT2D eigenvalue weighted by molar-refractivity contribution is -0.151. The topological polar surface area (TPSA) is 142 Å². The van der Waals surface area contributed by atoms with Crippen molar-refractivity contribution < 1.29 is 33.4 Å². The fraction of sp³-hybridized carbons (Fsp3) is 0.448. The summed E-state index contributed by atoms with van der Waals surface area (Å²) in [5, 5.41) is 15.1. The van der Waals surface area contributed by atoms with E-state index in [1.807, 2.05) is 4.90 Å². The maximum atomic E-state index is 14.7. The van der Waals surface area contributed by atoms with Crippen molar-refractivity contribution >= 4 is 40.9 Å². The van der Waals surface area contributed by atoms with Gasteiger partial charge in [0.15, 0.2) is 10.8 Å². The molecule has 1 aromatic heterocycles. The normalized spacial score (nSPS) is 22.7. The smallest absolute Gasteiger partial charge is 0.338 e. The van der Waals surface area contributed by atoms with E-state index < -0.39 is 53.0 Å². The van der Waals surface area contributed by atoms with E-state index in [9.17, 15) is 28.7 Å². The molecule has 0 bridgehead atoms. The standard InChI is InChI=1S/C29H32FN5O6S/c1-5-41-27(38)20-19(13-34-11-9-17-22(34)26(37)35(25(17)36)14-29(3,4)28(39)40)32-23(24-31-10-12-42-24)33-21(20)16-7-6-8-18(30)15(16)2/h6-8,10,12,17,21-22H,5,9,11,13-14H2,1-4H3,(H,32,33)(H,39,40)/t17?,21-,22?/m0/s1. The number of nitrogens with one attached hydrogen (secondary N) is 1. The van der Waals surface area contributed by atoms with Gasteiger partial charge in [0.2, 0.25) is 11.8 Å². The number of amidine groups is 1. The van der Waals surface area contributed by atoms with E-state index in [0.29, 0.717) is 40.6 Å². The number of hydrogen-bond donors (Lipinski definition) is 2. The van der Waals surface area contributed by atoms with Crippen LogP contribution in [0, 0.1) is 24.1 Å². The minimum atomic E-state index is -1.31. The van der Waals surface area contributed by atoms with Gasteiger partial charge in [-0.2, -0.15) is 0 Å². The number of thiazole rings is 1. The molecule has 4 heterocycles. The molecule has 222 valence electrons. The zero-order valence-electron chi connectivity index (χ0n) is 23.7. The van der Waals surface area contributed by atoms with Gasteiger partial charge in [0.05, 0.1) is 23.5 Å². The first-order chi connectivity index (χ1) is 19.9. The highest BCUT2D eigenvalue weighted by Gasteiger charge is 2.55. The summed E-state index contributed by atoms with van der Waals surface area (Å²) < 4.78 is 20.1. The van der Waals surface area contributed by atoms with Crippen LogP contribution in [0.4, 0.5) is 4.39 Å². The fourth-order valence-corrected chi connectivity index (χ4v) is 6.26. The van der Waals surface area contributed by atoms with Crippen molar-refractivity contribution in [2.24, 2.45) is 16.3 Å². The number of ether oxygens (including phenoxy) is 1. The van der Waals surface area contributed by atoms with Crippen LogP contribution >= 0.6 is 11.3 Å². The summed E-state index contributed by atoms with van der Waals surface area (Å²) in [6, 6.07) is 2.88. The SMILES string of the molecule is CCOC(=O)C1=C(CN2CCC3C(=O)N(CC(C)(C)C(=O)O)C(=O)C32)NC(c2nccs2)=N[C@H]1c1cccc(F)c1C. The number of carboxylic acids is 1. The molecule has 2 unspecified atom stereocenters. The number of likely N-dealkylation sites (tertiary alicyclic amines) is 2. The summed E-state index contributed by atoms with van der Waals surface area (Å²) in [4.78, 5) is 64.0. The first kappa shape index (κ1) is 29.5. The quantitative estimate of drug-likeness (QED) is 0.330. The van der Waals surface area contributed by atoms with Gasteiger partial charge in [-0.25, -0.2) is 14.2 Å². The van der Waals surface area contributed by atoms with Crippen LogP contribution < -0.4 is 5.32 Å². The molecule has 5 rings (SSSR count). The number of carbonyl (C=O) groups excluding carboxylic acids is 3. The zero-order valence-corrected chi connectivity index (χ0v) is 24.5. The third-order valence-corrected chi connectivity index (χ3v) is 8.74.